The molecule has 0 saturated heterocycles. The Morgan fingerprint density at radius 1 is 1.35 bits per heavy atom. The van der Waals surface area contributed by atoms with Gasteiger partial charge in [0.15, 0.2) is 11.5 Å². The lowest BCUT2D eigenvalue weighted by atomic mass is 10.1. The Morgan fingerprint density at radius 3 is 2.60 bits per heavy atom. The summed E-state index contributed by atoms with van der Waals surface area (Å²) in [5.74, 6) is 0.410. The molecule has 0 atom stereocenters. The largest absolute Gasteiger partial charge is 0.493 e. The average molecular weight is 305 g/mol. The molecule has 0 aliphatic heterocycles. The Labute approximate surface area is 123 Å². The Balaban J connectivity index is 2.78. The van der Waals surface area contributed by atoms with Crippen molar-refractivity contribution in [2.75, 3.05) is 19.9 Å². The number of alkyl halides is 2. The van der Waals surface area contributed by atoms with E-state index < -0.39 is 6.61 Å². The van der Waals surface area contributed by atoms with Crippen molar-refractivity contribution in [3.8, 4) is 11.5 Å². The van der Waals surface area contributed by atoms with Crippen LogP contribution >= 0.6 is 11.8 Å². The van der Waals surface area contributed by atoms with Crippen molar-refractivity contribution >= 4 is 11.8 Å². The maximum atomic E-state index is 12.5. The average Bonchev–Trinajstić information content (AvgIpc) is 2.39. The molecule has 0 saturated carbocycles. The Morgan fingerprint density at radius 2 is 2.05 bits per heavy atom. The fourth-order valence-corrected chi connectivity index (χ4v) is 1.90. The van der Waals surface area contributed by atoms with Gasteiger partial charge in [0.1, 0.15) is 0 Å². The first-order valence-electron chi connectivity index (χ1n) is 6.26. The van der Waals surface area contributed by atoms with Crippen LogP contribution < -0.4 is 14.8 Å². The molecular weight excluding hydrogens is 284 g/mol. The maximum Gasteiger partial charge on any atom is 0.387 e. The third-order valence-corrected chi connectivity index (χ3v) is 4.16. The summed E-state index contributed by atoms with van der Waals surface area (Å²) in [7, 11) is 1.43. The van der Waals surface area contributed by atoms with Crippen molar-refractivity contribution in [1.29, 1.82) is 0 Å². The molecule has 3 nitrogen and oxygen atoms in total. The van der Waals surface area contributed by atoms with E-state index in [0.29, 0.717) is 17.9 Å². The second-order valence-corrected chi connectivity index (χ2v) is 6.41. The lowest BCUT2D eigenvalue weighted by Gasteiger charge is -2.23. The van der Waals surface area contributed by atoms with E-state index in [2.05, 4.69) is 23.9 Å². The van der Waals surface area contributed by atoms with Crippen molar-refractivity contribution in [1.82, 2.24) is 5.32 Å². The van der Waals surface area contributed by atoms with Crippen LogP contribution in [0.4, 0.5) is 8.78 Å². The lowest BCUT2D eigenvalue weighted by molar-refractivity contribution is -0.0518. The predicted molar refractivity (Wildman–Crippen MR) is 78.9 cm³/mol. The van der Waals surface area contributed by atoms with Crippen LogP contribution in [0.2, 0.25) is 0 Å². The summed E-state index contributed by atoms with van der Waals surface area (Å²) >= 11 is 1.75. The Bertz CT molecular complexity index is 428. The summed E-state index contributed by atoms with van der Waals surface area (Å²) < 4.78 is 34.7. The number of benzene rings is 1. The number of rotatable bonds is 8. The van der Waals surface area contributed by atoms with Gasteiger partial charge in [0.25, 0.3) is 0 Å². The van der Waals surface area contributed by atoms with Gasteiger partial charge in [0.2, 0.25) is 0 Å². The number of hydrogen-bond donors (Lipinski definition) is 1. The summed E-state index contributed by atoms with van der Waals surface area (Å²) in [5, 5.41) is 3.26. The zero-order valence-electron chi connectivity index (χ0n) is 12.2. The van der Waals surface area contributed by atoms with E-state index in [9.17, 15) is 8.78 Å². The molecule has 1 aromatic rings. The van der Waals surface area contributed by atoms with Crippen molar-refractivity contribution in [3.63, 3.8) is 0 Å². The van der Waals surface area contributed by atoms with Gasteiger partial charge in [0, 0.05) is 23.4 Å². The molecule has 0 aromatic heterocycles. The molecule has 0 fully saturated rings. The van der Waals surface area contributed by atoms with Crippen LogP contribution in [0.3, 0.4) is 0 Å². The lowest BCUT2D eigenvalue weighted by Crippen LogP contribution is -2.31. The minimum atomic E-state index is -2.87. The molecule has 0 amide bonds. The zero-order chi connectivity index (χ0) is 15.2. The minimum Gasteiger partial charge on any atom is -0.493 e. The van der Waals surface area contributed by atoms with E-state index in [1.165, 1.54) is 7.11 Å². The molecule has 114 valence electrons. The van der Waals surface area contributed by atoms with Crippen LogP contribution in [-0.2, 0) is 6.54 Å². The first-order valence-corrected chi connectivity index (χ1v) is 7.48. The van der Waals surface area contributed by atoms with Gasteiger partial charge < -0.3 is 14.8 Å². The highest BCUT2D eigenvalue weighted by molar-refractivity contribution is 7.99. The second kappa shape index (κ2) is 7.69. The topological polar surface area (TPSA) is 30.5 Å². The normalized spacial score (nSPS) is 11.8. The van der Waals surface area contributed by atoms with Crippen molar-refractivity contribution < 1.29 is 18.3 Å². The Kier molecular flexibility index (Phi) is 6.55. The molecule has 6 heteroatoms. The number of nitrogens with one attached hydrogen (secondary N) is 1. The number of methoxy groups -OCH3 is 1. The van der Waals surface area contributed by atoms with Gasteiger partial charge in [0.05, 0.1) is 7.11 Å². The highest BCUT2D eigenvalue weighted by Crippen LogP contribution is 2.32. The van der Waals surface area contributed by atoms with E-state index >= 15 is 0 Å². The molecule has 0 radical (unpaired) electrons. The first-order chi connectivity index (χ1) is 9.39. The van der Waals surface area contributed by atoms with Crippen LogP contribution in [0.25, 0.3) is 0 Å². The quantitative estimate of drug-likeness (QED) is 0.796. The maximum absolute atomic E-state index is 12.5. The number of halogens is 2. The summed E-state index contributed by atoms with van der Waals surface area (Å²) in [6.07, 6.45) is 2.04. The number of hydrogen-bond acceptors (Lipinski definition) is 4. The molecule has 1 aromatic carbocycles. The zero-order valence-corrected chi connectivity index (χ0v) is 13.0. The molecule has 0 aliphatic carbocycles. The molecule has 0 heterocycles. The van der Waals surface area contributed by atoms with Crippen LogP contribution in [0.15, 0.2) is 18.2 Å². The minimum absolute atomic E-state index is 0.0859. The third kappa shape index (κ3) is 5.17. The molecule has 1 N–H and O–H groups in total. The number of ether oxygens (including phenoxy) is 2. The fraction of sp³-hybridized carbons (Fsp3) is 0.571. The Hall–Kier alpha value is -1.01. The number of para-hydroxylation sites is 1. The monoisotopic (exact) mass is 305 g/mol. The predicted octanol–water partition coefficient (Wildman–Crippen LogP) is 3.53. The SMILES string of the molecule is COc1cccc(CNCC(C)(C)SC)c1OC(F)F. The smallest absolute Gasteiger partial charge is 0.387 e. The van der Waals surface area contributed by atoms with Crippen LogP contribution in [0.1, 0.15) is 19.4 Å². The summed E-state index contributed by atoms with van der Waals surface area (Å²) in [5.41, 5.74) is 0.654. The van der Waals surface area contributed by atoms with Crippen molar-refractivity contribution in [2.24, 2.45) is 0 Å². The van der Waals surface area contributed by atoms with Gasteiger partial charge in [-0.2, -0.15) is 20.5 Å². The van der Waals surface area contributed by atoms with Crippen LogP contribution in [0.5, 0.6) is 11.5 Å². The highest BCUT2D eigenvalue weighted by atomic mass is 32.2. The summed E-state index contributed by atoms with van der Waals surface area (Å²) in [4.78, 5) is 0. The molecule has 0 bridgehead atoms. The van der Waals surface area contributed by atoms with E-state index in [-0.39, 0.29) is 10.5 Å². The van der Waals surface area contributed by atoms with Crippen molar-refractivity contribution in [2.45, 2.75) is 31.8 Å². The second-order valence-electron chi connectivity index (χ2n) is 4.89. The van der Waals surface area contributed by atoms with Crippen molar-refractivity contribution in [3.05, 3.63) is 23.8 Å². The fourth-order valence-electron chi connectivity index (χ4n) is 1.65. The van der Waals surface area contributed by atoms with E-state index in [4.69, 9.17) is 4.74 Å². The molecule has 0 unspecified atom stereocenters. The van der Waals surface area contributed by atoms with Crippen LogP contribution in [0, 0.1) is 0 Å². The van der Waals surface area contributed by atoms with Gasteiger partial charge in [-0.25, -0.2) is 0 Å². The van der Waals surface area contributed by atoms with Crippen LogP contribution in [-0.4, -0.2) is 31.3 Å². The molecule has 1 rings (SSSR count). The van der Waals surface area contributed by atoms with E-state index in [1.54, 1.807) is 30.0 Å². The molecule has 0 aliphatic rings. The van der Waals surface area contributed by atoms with Gasteiger partial charge in [-0.05, 0) is 26.2 Å². The highest BCUT2D eigenvalue weighted by Gasteiger charge is 2.18. The molecular formula is C14H21F2NO2S. The van der Waals surface area contributed by atoms with Gasteiger partial charge in [-0.15, -0.1) is 0 Å². The van der Waals surface area contributed by atoms with Gasteiger partial charge in [-0.3, -0.25) is 0 Å². The van der Waals surface area contributed by atoms with Gasteiger partial charge >= 0.3 is 6.61 Å². The first kappa shape index (κ1) is 17.0. The molecule has 0 spiro atoms. The third-order valence-electron chi connectivity index (χ3n) is 2.91. The summed E-state index contributed by atoms with van der Waals surface area (Å²) in [6.45, 7) is 2.58. The summed E-state index contributed by atoms with van der Waals surface area (Å²) in [6, 6.07) is 5.11. The number of thioether (sulfide) groups is 1. The van der Waals surface area contributed by atoms with E-state index in [0.717, 1.165) is 6.54 Å². The van der Waals surface area contributed by atoms with Gasteiger partial charge in [-0.1, -0.05) is 12.1 Å². The molecule has 20 heavy (non-hydrogen) atoms. The van der Waals surface area contributed by atoms with E-state index in [1.807, 2.05) is 6.26 Å². The standard InChI is InChI=1S/C14H21F2NO2S/c1-14(2,20-4)9-17-8-10-6-5-7-11(18-3)12(10)19-13(15)16/h5-7,13,17H,8-9H2,1-4H3.